The Hall–Kier alpha value is -2.94. The van der Waals surface area contributed by atoms with Gasteiger partial charge in [-0.25, -0.2) is 0 Å². The fraction of sp³-hybridized carbons (Fsp3) is 0.435. The van der Waals surface area contributed by atoms with E-state index in [1.807, 2.05) is 0 Å². The summed E-state index contributed by atoms with van der Waals surface area (Å²) in [4.78, 5) is 19.5. The maximum absolute atomic E-state index is 13.2. The zero-order valence-corrected chi connectivity index (χ0v) is 18.2. The molecule has 32 heavy (non-hydrogen) atoms. The van der Waals surface area contributed by atoms with Gasteiger partial charge in [-0.2, -0.15) is 18.2 Å². The van der Waals surface area contributed by atoms with Gasteiger partial charge in [0.05, 0.1) is 18.0 Å². The second kappa shape index (κ2) is 8.54. The summed E-state index contributed by atoms with van der Waals surface area (Å²) in [6, 6.07) is 6.90. The Labute approximate surface area is 184 Å². The van der Waals surface area contributed by atoms with Crippen LogP contribution < -0.4 is 0 Å². The van der Waals surface area contributed by atoms with E-state index in [9.17, 15) is 18.0 Å². The molecule has 0 spiro atoms. The lowest BCUT2D eigenvalue weighted by Gasteiger charge is -2.30. The molecule has 3 aromatic rings. The van der Waals surface area contributed by atoms with Crippen molar-refractivity contribution in [1.82, 2.24) is 19.6 Å². The van der Waals surface area contributed by atoms with E-state index in [4.69, 9.17) is 4.52 Å². The molecule has 0 bridgehead atoms. The van der Waals surface area contributed by atoms with E-state index >= 15 is 0 Å². The van der Waals surface area contributed by atoms with Gasteiger partial charge < -0.3 is 9.09 Å². The van der Waals surface area contributed by atoms with E-state index in [1.165, 1.54) is 6.07 Å². The van der Waals surface area contributed by atoms with Gasteiger partial charge >= 0.3 is 6.18 Å². The summed E-state index contributed by atoms with van der Waals surface area (Å²) < 4.78 is 46.5. The zero-order chi connectivity index (χ0) is 23.0. The van der Waals surface area contributed by atoms with Crippen molar-refractivity contribution in [3.05, 3.63) is 64.6 Å². The molecule has 0 saturated carbocycles. The molecule has 1 aromatic carbocycles. The molecule has 1 fully saturated rings. The third kappa shape index (κ3) is 4.48. The second-order valence-electron chi connectivity index (χ2n) is 8.35. The smallest absolute Gasteiger partial charge is 0.339 e. The summed E-state index contributed by atoms with van der Waals surface area (Å²) in [7, 11) is 0. The summed E-state index contributed by atoms with van der Waals surface area (Å²) in [6.07, 6.45) is -2.58. The van der Waals surface area contributed by atoms with Gasteiger partial charge in [-0.3, -0.25) is 9.69 Å². The monoisotopic (exact) mass is 446 g/mol. The van der Waals surface area contributed by atoms with Gasteiger partial charge in [0, 0.05) is 29.2 Å². The second-order valence-corrected chi connectivity index (χ2v) is 8.35. The maximum Gasteiger partial charge on any atom is 0.416 e. The number of ketones is 1. The topological polar surface area (TPSA) is 64.2 Å². The Morgan fingerprint density at radius 3 is 2.69 bits per heavy atom. The number of piperidine rings is 1. The van der Waals surface area contributed by atoms with Crippen molar-refractivity contribution < 1.29 is 22.5 Å². The van der Waals surface area contributed by atoms with Gasteiger partial charge in [0.15, 0.2) is 11.6 Å². The predicted octanol–water partition coefficient (Wildman–Crippen LogP) is 4.87. The lowest BCUT2D eigenvalue weighted by Crippen LogP contribution is -2.38. The van der Waals surface area contributed by atoms with Gasteiger partial charge in [-0.15, -0.1) is 0 Å². The number of benzene rings is 1. The highest BCUT2D eigenvalue weighted by Gasteiger charge is 2.31. The van der Waals surface area contributed by atoms with Crippen LogP contribution in [-0.4, -0.2) is 45.0 Å². The first-order chi connectivity index (χ1) is 15.1. The molecule has 6 nitrogen and oxygen atoms in total. The maximum atomic E-state index is 13.2. The third-order valence-corrected chi connectivity index (χ3v) is 5.93. The number of hydrogen-bond donors (Lipinski definition) is 0. The lowest BCUT2D eigenvalue weighted by molar-refractivity contribution is -0.137. The Morgan fingerprint density at radius 1 is 1.22 bits per heavy atom. The van der Waals surface area contributed by atoms with E-state index in [1.54, 1.807) is 37.5 Å². The number of likely N-dealkylation sites (tertiary alicyclic amines) is 1. The zero-order valence-electron chi connectivity index (χ0n) is 18.2. The first kappa shape index (κ1) is 22.3. The number of aromatic nitrogens is 3. The van der Waals surface area contributed by atoms with Crippen LogP contribution in [0.1, 0.15) is 57.8 Å². The predicted molar refractivity (Wildman–Crippen MR) is 112 cm³/mol. The standard InChI is InChI=1S/C23H25F3N4O2/c1-14-10-20(15(2)30(14)19-8-4-7-18(11-19)23(24,25)26)21(31)13-29-9-5-6-17(12-29)22-27-16(3)28-32-22/h4,7-8,10-11,17H,5-6,9,12-13H2,1-3H3. The molecule has 1 aliphatic rings. The summed E-state index contributed by atoms with van der Waals surface area (Å²) in [5.41, 5.74) is 1.54. The fourth-order valence-electron chi connectivity index (χ4n) is 4.43. The van der Waals surface area contributed by atoms with Crippen molar-refractivity contribution >= 4 is 5.78 Å². The highest BCUT2D eigenvalue weighted by molar-refractivity contribution is 5.99. The molecule has 4 rings (SSSR count). The number of carbonyl (C=O) groups is 1. The first-order valence-corrected chi connectivity index (χ1v) is 10.6. The fourth-order valence-corrected chi connectivity index (χ4v) is 4.43. The molecule has 0 aliphatic carbocycles. The average Bonchev–Trinajstić information content (AvgIpc) is 3.30. The number of aryl methyl sites for hydroxylation is 2. The molecule has 1 aliphatic heterocycles. The minimum absolute atomic E-state index is 0.0568. The van der Waals surface area contributed by atoms with Crippen LogP contribution in [0.15, 0.2) is 34.9 Å². The molecule has 1 atom stereocenters. The van der Waals surface area contributed by atoms with Crippen LogP contribution in [0.5, 0.6) is 0 Å². The van der Waals surface area contributed by atoms with Gasteiger partial charge in [-0.05, 0) is 64.4 Å². The minimum Gasteiger partial charge on any atom is -0.339 e. The molecule has 2 aromatic heterocycles. The number of Topliss-reactive ketones (excluding diaryl/α,β-unsaturated/α-hetero) is 1. The summed E-state index contributed by atoms with van der Waals surface area (Å²) in [5, 5.41) is 3.85. The van der Waals surface area contributed by atoms with Crippen LogP contribution in [0.2, 0.25) is 0 Å². The number of halogens is 3. The SMILES string of the molecule is Cc1noc(C2CCCN(CC(=O)c3cc(C)n(-c4cccc(C(F)(F)F)c4)c3C)C2)n1. The average molecular weight is 446 g/mol. The highest BCUT2D eigenvalue weighted by Crippen LogP contribution is 2.32. The van der Waals surface area contributed by atoms with E-state index in [2.05, 4.69) is 15.0 Å². The normalized spacial score (nSPS) is 17.6. The number of carbonyl (C=O) groups excluding carboxylic acids is 1. The van der Waals surface area contributed by atoms with Crippen molar-refractivity contribution in [2.75, 3.05) is 19.6 Å². The van der Waals surface area contributed by atoms with Crippen LogP contribution in [-0.2, 0) is 6.18 Å². The van der Waals surface area contributed by atoms with Crippen molar-refractivity contribution in [3.8, 4) is 5.69 Å². The molecule has 0 radical (unpaired) electrons. The molecular formula is C23H25F3N4O2. The number of rotatable bonds is 5. The molecule has 3 heterocycles. The van der Waals surface area contributed by atoms with Crippen LogP contribution in [0.4, 0.5) is 13.2 Å². The van der Waals surface area contributed by atoms with Crippen LogP contribution in [0.3, 0.4) is 0 Å². The largest absolute Gasteiger partial charge is 0.416 e. The van der Waals surface area contributed by atoms with E-state index in [-0.39, 0.29) is 18.2 Å². The molecule has 9 heteroatoms. The number of nitrogens with zero attached hydrogens (tertiary/aromatic N) is 4. The molecule has 170 valence electrons. The van der Waals surface area contributed by atoms with Crippen LogP contribution in [0, 0.1) is 20.8 Å². The Bertz CT molecular complexity index is 1130. The summed E-state index contributed by atoms with van der Waals surface area (Å²) >= 11 is 0. The first-order valence-electron chi connectivity index (χ1n) is 10.6. The van der Waals surface area contributed by atoms with Gasteiger partial charge in [0.2, 0.25) is 5.89 Å². The summed E-state index contributed by atoms with van der Waals surface area (Å²) in [5.74, 6) is 1.23. The Balaban J connectivity index is 1.53. The quantitative estimate of drug-likeness (QED) is 0.524. The van der Waals surface area contributed by atoms with Gasteiger partial charge in [-0.1, -0.05) is 11.2 Å². The van der Waals surface area contributed by atoms with Crippen molar-refractivity contribution in [2.45, 2.75) is 45.7 Å². The molecule has 1 unspecified atom stereocenters. The Kier molecular flexibility index (Phi) is 5.94. The van der Waals surface area contributed by atoms with Crippen molar-refractivity contribution in [3.63, 3.8) is 0 Å². The third-order valence-electron chi connectivity index (χ3n) is 5.93. The van der Waals surface area contributed by atoms with Crippen molar-refractivity contribution in [2.24, 2.45) is 0 Å². The van der Waals surface area contributed by atoms with Crippen molar-refractivity contribution in [1.29, 1.82) is 0 Å². The van der Waals surface area contributed by atoms with E-state index < -0.39 is 11.7 Å². The lowest BCUT2D eigenvalue weighted by atomic mass is 9.97. The minimum atomic E-state index is -4.43. The van der Waals surface area contributed by atoms with Gasteiger partial charge in [0.25, 0.3) is 0 Å². The van der Waals surface area contributed by atoms with Crippen LogP contribution >= 0.6 is 0 Å². The Morgan fingerprint density at radius 2 is 2.00 bits per heavy atom. The number of alkyl halides is 3. The number of hydrogen-bond acceptors (Lipinski definition) is 5. The molecule has 0 amide bonds. The van der Waals surface area contributed by atoms with E-state index in [0.717, 1.165) is 31.5 Å². The highest BCUT2D eigenvalue weighted by atomic mass is 19.4. The van der Waals surface area contributed by atoms with Crippen LogP contribution in [0.25, 0.3) is 5.69 Å². The molecule has 0 N–H and O–H groups in total. The molecule has 1 saturated heterocycles. The van der Waals surface area contributed by atoms with Gasteiger partial charge in [0.1, 0.15) is 0 Å². The molecular weight excluding hydrogens is 421 g/mol. The summed E-state index contributed by atoms with van der Waals surface area (Å²) in [6.45, 7) is 7.01. The van der Waals surface area contributed by atoms with E-state index in [0.29, 0.717) is 40.9 Å².